The van der Waals surface area contributed by atoms with Crippen molar-refractivity contribution >= 4 is 0 Å². The summed E-state index contributed by atoms with van der Waals surface area (Å²) in [5.74, 6) is 0.982. The lowest BCUT2D eigenvalue weighted by Crippen LogP contribution is -2.25. The van der Waals surface area contributed by atoms with Crippen LogP contribution in [0.1, 0.15) is 107 Å². The highest BCUT2D eigenvalue weighted by molar-refractivity contribution is 5.48. The Morgan fingerprint density at radius 1 is 0.838 bits per heavy atom. The summed E-state index contributed by atoms with van der Waals surface area (Å²) in [5.41, 5.74) is -0.00131. The summed E-state index contributed by atoms with van der Waals surface area (Å²) in [4.78, 5) is 0. The SMILES string of the molecule is CCCCC1CCC(C2CCC(c3cc(F)c(F)c(CC)c3Oc3ccc(C(F)(F)F)cc3)CC2)CC1. The highest BCUT2D eigenvalue weighted by Crippen LogP contribution is 2.48. The molecule has 2 fully saturated rings. The summed E-state index contributed by atoms with van der Waals surface area (Å²) >= 11 is 0. The second-order valence-corrected chi connectivity index (χ2v) is 11.1. The monoisotopic (exact) mass is 522 g/mol. The van der Waals surface area contributed by atoms with E-state index in [9.17, 15) is 22.0 Å². The van der Waals surface area contributed by atoms with Crippen LogP contribution in [0.5, 0.6) is 11.5 Å². The van der Waals surface area contributed by atoms with Crippen molar-refractivity contribution in [1.82, 2.24) is 0 Å². The maximum atomic E-state index is 14.7. The highest BCUT2D eigenvalue weighted by atomic mass is 19.4. The third kappa shape index (κ3) is 6.67. The van der Waals surface area contributed by atoms with Crippen LogP contribution in [-0.2, 0) is 12.6 Å². The van der Waals surface area contributed by atoms with Crippen molar-refractivity contribution in [3.05, 3.63) is 58.7 Å². The first-order chi connectivity index (χ1) is 17.7. The molecular weight excluding hydrogens is 483 g/mol. The molecular formula is C31H39F5O. The third-order valence-corrected chi connectivity index (χ3v) is 8.78. The van der Waals surface area contributed by atoms with E-state index in [1.165, 1.54) is 63.1 Å². The van der Waals surface area contributed by atoms with Crippen LogP contribution in [0.2, 0.25) is 0 Å². The van der Waals surface area contributed by atoms with Crippen molar-refractivity contribution in [2.75, 3.05) is 0 Å². The first-order valence-corrected chi connectivity index (χ1v) is 14.1. The fraction of sp³-hybridized carbons (Fsp3) is 0.613. The van der Waals surface area contributed by atoms with Crippen LogP contribution in [0, 0.1) is 29.4 Å². The fourth-order valence-corrected chi connectivity index (χ4v) is 6.60. The van der Waals surface area contributed by atoms with Gasteiger partial charge >= 0.3 is 6.18 Å². The van der Waals surface area contributed by atoms with Gasteiger partial charge in [0, 0.05) is 11.1 Å². The Labute approximate surface area is 217 Å². The number of ether oxygens (including phenoxy) is 1. The van der Waals surface area contributed by atoms with Crippen molar-refractivity contribution in [3.8, 4) is 11.5 Å². The number of hydrogen-bond acceptors (Lipinski definition) is 1. The quantitative estimate of drug-likeness (QED) is 0.313. The zero-order valence-corrected chi connectivity index (χ0v) is 22.0. The molecule has 0 aromatic heterocycles. The molecule has 0 radical (unpaired) electrons. The molecule has 0 atom stereocenters. The summed E-state index contributed by atoms with van der Waals surface area (Å²) < 4.78 is 74.3. The van der Waals surface area contributed by atoms with Gasteiger partial charge in [0.1, 0.15) is 11.5 Å². The zero-order chi connectivity index (χ0) is 26.6. The smallest absolute Gasteiger partial charge is 0.416 e. The first-order valence-electron chi connectivity index (χ1n) is 14.1. The van der Waals surface area contributed by atoms with Crippen molar-refractivity contribution in [1.29, 1.82) is 0 Å². The second kappa shape index (κ2) is 12.2. The molecule has 2 aromatic rings. The minimum Gasteiger partial charge on any atom is -0.457 e. The summed E-state index contributed by atoms with van der Waals surface area (Å²) in [5, 5.41) is 0. The number of benzene rings is 2. The second-order valence-electron chi connectivity index (χ2n) is 11.1. The normalized spacial score (nSPS) is 24.7. The van der Waals surface area contributed by atoms with Crippen LogP contribution in [0.3, 0.4) is 0 Å². The van der Waals surface area contributed by atoms with Crippen LogP contribution in [0.15, 0.2) is 30.3 Å². The van der Waals surface area contributed by atoms with Crippen molar-refractivity contribution in [2.45, 2.75) is 103 Å². The zero-order valence-electron chi connectivity index (χ0n) is 22.0. The Hall–Kier alpha value is -2.11. The molecule has 0 aliphatic heterocycles. The van der Waals surface area contributed by atoms with Gasteiger partial charge in [0.2, 0.25) is 0 Å². The minimum absolute atomic E-state index is 0.0435. The molecule has 2 aliphatic carbocycles. The number of rotatable bonds is 8. The van der Waals surface area contributed by atoms with Gasteiger partial charge in [-0.15, -0.1) is 0 Å². The van der Waals surface area contributed by atoms with Gasteiger partial charge in [0.05, 0.1) is 5.56 Å². The fourth-order valence-electron chi connectivity index (χ4n) is 6.60. The van der Waals surface area contributed by atoms with Crippen molar-refractivity contribution in [2.24, 2.45) is 17.8 Å². The molecule has 0 N–H and O–H groups in total. The predicted octanol–water partition coefficient (Wildman–Crippen LogP) is 10.6. The average molecular weight is 523 g/mol. The van der Waals surface area contributed by atoms with E-state index in [2.05, 4.69) is 6.92 Å². The minimum atomic E-state index is -4.45. The van der Waals surface area contributed by atoms with E-state index in [-0.39, 0.29) is 29.4 Å². The van der Waals surface area contributed by atoms with E-state index < -0.39 is 23.4 Å². The van der Waals surface area contributed by atoms with Gasteiger partial charge in [-0.1, -0.05) is 46.0 Å². The lowest BCUT2D eigenvalue weighted by Gasteiger charge is -2.38. The molecule has 6 heteroatoms. The van der Waals surface area contributed by atoms with Crippen LogP contribution in [0.25, 0.3) is 0 Å². The van der Waals surface area contributed by atoms with Gasteiger partial charge in [-0.3, -0.25) is 0 Å². The molecule has 2 saturated carbocycles. The summed E-state index contributed by atoms with van der Waals surface area (Å²) in [6.45, 7) is 3.98. The number of hydrogen-bond donors (Lipinski definition) is 0. The Bertz CT molecular complexity index is 1010. The van der Waals surface area contributed by atoms with Gasteiger partial charge in [0.15, 0.2) is 11.6 Å². The third-order valence-electron chi connectivity index (χ3n) is 8.78. The van der Waals surface area contributed by atoms with E-state index >= 15 is 0 Å². The molecule has 2 aromatic carbocycles. The Balaban J connectivity index is 1.48. The van der Waals surface area contributed by atoms with Crippen molar-refractivity contribution < 1.29 is 26.7 Å². The summed E-state index contributed by atoms with van der Waals surface area (Å²) in [6.07, 6.45) is 8.89. The van der Waals surface area contributed by atoms with Gasteiger partial charge in [-0.05, 0) is 98.9 Å². The molecule has 0 unspecified atom stereocenters. The number of unbranched alkanes of at least 4 members (excludes halogenated alkanes) is 1. The standard InChI is InChI=1S/C31H39F5O/c1-3-5-6-20-7-9-21(10-8-20)22-11-13-23(14-12-22)27-19-28(32)29(33)26(4-2)30(27)37-25-17-15-24(16-18-25)31(34,35)36/h15-23H,3-14H2,1-2H3. The summed E-state index contributed by atoms with van der Waals surface area (Å²) in [7, 11) is 0. The summed E-state index contributed by atoms with van der Waals surface area (Å²) in [6, 6.07) is 5.62. The van der Waals surface area contributed by atoms with Crippen LogP contribution in [-0.4, -0.2) is 0 Å². The van der Waals surface area contributed by atoms with Gasteiger partial charge < -0.3 is 4.74 Å². The largest absolute Gasteiger partial charge is 0.457 e. The maximum Gasteiger partial charge on any atom is 0.416 e. The topological polar surface area (TPSA) is 9.23 Å². The number of halogens is 5. The molecule has 1 nitrogen and oxygen atoms in total. The maximum absolute atomic E-state index is 14.7. The molecule has 0 spiro atoms. The van der Waals surface area contributed by atoms with E-state index in [0.717, 1.165) is 49.7 Å². The Kier molecular flexibility index (Phi) is 9.18. The molecule has 2 aliphatic rings. The molecule has 0 bridgehead atoms. The highest BCUT2D eigenvalue weighted by Gasteiger charge is 2.34. The molecule has 4 rings (SSSR count). The van der Waals surface area contributed by atoms with Crippen LogP contribution in [0.4, 0.5) is 22.0 Å². The van der Waals surface area contributed by atoms with E-state index in [1.807, 2.05) is 0 Å². The average Bonchev–Trinajstić information content (AvgIpc) is 2.90. The Morgan fingerprint density at radius 2 is 1.43 bits per heavy atom. The van der Waals surface area contributed by atoms with E-state index in [4.69, 9.17) is 4.74 Å². The van der Waals surface area contributed by atoms with E-state index in [0.29, 0.717) is 11.5 Å². The first kappa shape index (κ1) is 27.9. The molecule has 0 amide bonds. The predicted molar refractivity (Wildman–Crippen MR) is 137 cm³/mol. The molecule has 37 heavy (non-hydrogen) atoms. The van der Waals surface area contributed by atoms with Crippen LogP contribution >= 0.6 is 0 Å². The molecule has 0 heterocycles. The molecule has 0 saturated heterocycles. The van der Waals surface area contributed by atoms with Gasteiger partial charge in [-0.25, -0.2) is 8.78 Å². The van der Waals surface area contributed by atoms with Crippen LogP contribution < -0.4 is 4.74 Å². The lowest BCUT2D eigenvalue weighted by atomic mass is 9.67. The van der Waals surface area contributed by atoms with E-state index in [1.54, 1.807) is 6.92 Å². The van der Waals surface area contributed by atoms with Gasteiger partial charge in [0.25, 0.3) is 0 Å². The van der Waals surface area contributed by atoms with Crippen molar-refractivity contribution in [3.63, 3.8) is 0 Å². The lowest BCUT2D eigenvalue weighted by molar-refractivity contribution is -0.137. The Morgan fingerprint density at radius 3 is 1.97 bits per heavy atom. The van der Waals surface area contributed by atoms with Gasteiger partial charge in [-0.2, -0.15) is 13.2 Å². The molecule has 204 valence electrons. The number of alkyl halides is 3.